The molecular formula is C13H27N3O3. The lowest BCUT2D eigenvalue weighted by Crippen LogP contribution is -2.43. The van der Waals surface area contributed by atoms with Gasteiger partial charge in [0, 0.05) is 19.6 Å². The van der Waals surface area contributed by atoms with Crippen molar-refractivity contribution in [1.29, 1.82) is 0 Å². The Morgan fingerprint density at radius 2 is 1.89 bits per heavy atom. The van der Waals surface area contributed by atoms with Crippen molar-refractivity contribution < 1.29 is 14.7 Å². The van der Waals surface area contributed by atoms with E-state index in [1.807, 2.05) is 21.0 Å². The quantitative estimate of drug-likeness (QED) is 0.617. The van der Waals surface area contributed by atoms with Gasteiger partial charge < -0.3 is 20.2 Å². The molecular weight excluding hydrogens is 246 g/mol. The van der Waals surface area contributed by atoms with Gasteiger partial charge >= 0.3 is 12.0 Å². The SMILES string of the molecule is CCN(CC(C)C(=O)O)C(=O)NCCCCN(C)C. The first-order chi connectivity index (χ1) is 8.88. The number of carboxylic acids is 1. The van der Waals surface area contributed by atoms with E-state index in [-0.39, 0.29) is 12.6 Å². The number of hydrogen-bond donors (Lipinski definition) is 2. The molecule has 0 spiro atoms. The smallest absolute Gasteiger partial charge is 0.317 e. The molecule has 0 fully saturated rings. The summed E-state index contributed by atoms with van der Waals surface area (Å²) in [6.07, 6.45) is 1.96. The van der Waals surface area contributed by atoms with E-state index in [1.165, 1.54) is 4.90 Å². The van der Waals surface area contributed by atoms with Crippen molar-refractivity contribution in [3.05, 3.63) is 0 Å². The van der Waals surface area contributed by atoms with Crippen molar-refractivity contribution in [3.8, 4) is 0 Å². The average molecular weight is 273 g/mol. The summed E-state index contributed by atoms with van der Waals surface area (Å²) in [6.45, 7) is 5.85. The van der Waals surface area contributed by atoms with Gasteiger partial charge in [0.15, 0.2) is 0 Å². The van der Waals surface area contributed by atoms with Crippen LogP contribution in [-0.2, 0) is 4.79 Å². The molecule has 0 aliphatic rings. The Bertz CT molecular complexity index is 282. The third-order valence-corrected chi connectivity index (χ3v) is 2.89. The summed E-state index contributed by atoms with van der Waals surface area (Å²) in [5.41, 5.74) is 0. The van der Waals surface area contributed by atoms with E-state index in [4.69, 9.17) is 5.11 Å². The Labute approximate surface area is 115 Å². The summed E-state index contributed by atoms with van der Waals surface area (Å²) in [5, 5.41) is 11.7. The Balaban J connectivity index is 3.92. The van der Waals surface area contributed by atoms with Crippen LogP contribution in [-0.4, -0.2) is 67.2 Å². The van der Waals surface area contributed by atoms with Gasteiger partial charge in [-0.05, 0) is 40.4 Å². The van der Waals surface area contributed by atoms with E-state index in [2.05, 4.69) is 10.2 Å². The number of nitrogens with zero attached hydrogens (tertiary/aromatic N) is 2. The minimum atomic E-state index is -0.878. The first-order valence-electron chi connectivity index (χ1n) is 6.78. The molecule has 0 radical (unpaired) electrons. The maximum absolute atomic E-state index is 11.8. The first-order valence-corrected chi connectivity index (χ1v) is 6.78. The number of carbonyl (C=O) groups excluding carboxylic acids is 1. The van der Waals surface area contributed by atoms with E-state index in [0.717, 1.165) is 19.4 Å². The molecule has 1 atom stereocenters. The van der Waals surface area contributed by atoms with Crippen LogP contribution in [0.2, 0.25) is 0 Å². The number of urea groups is 1. The fraction of sp³-hybridized carbons (Fsp3) is 0.846. The van der Waals surface area contributed by atoms with Crippen LogP contribution >= 0.6 is 0 Å². The zero-order valence-electron chi connectivity index (χ0n) is 12.5. The molecule has 0 saturated carbocycles. The molecule has 0 rings (SSSR count). The van der Waals surface area contributed by atoms with Crippen molar-refractivity contribution in [3.63, 3.8) is 0 Å². The molecule has 112 valence electrons. The minimum Gasteiger partial charge on any atom is -0.481 e. The van der Waals surface area contributed by atoms with Gasteiger partial charge in [-0.3, -0.25) is 4.79 Å². The van der Waals surface area contributed by atoms with E-state index in [1.54, 1.807) is 6.92 Å². The molecule has 0 aromatic heterocycles. The average Bonchev–Trinajstić information content (AvgIpc) is 2.34. The van der Waals surface area contributed by atoms with Crippen molar-refractivity contribution in [2.75, 3.05) is 40.3 Å². The van der Waals surface area contributed by atoms with Crippen molar-refractivity contribution >= 4 is 12.0 Å². The number of hydrogen-bond acceptors (Lipinski definition) is 3. The molecule has 0 aliphatic carbocycles. The number of unbranched alkanes of at least 4 members (excludes halogenated alkanes) is 1. The fourth-order valence-electron chi connectivity index (χ4n) is 1.62. The van der Waals surface area contributed by atoms with Crippen LogP contribution in [0.4, 0.5) is 4.79 Å². The fourth-order valence-corrected chi connectivity index (χ4v) is 1.62. The van der Waals surface area contributed by atoms with Crippen molar-refractivity contribution in [2.45, 2.75) is 26.7 Å². The Morgan fingerprint density at radius 3 is 2.37 bits per heavy atom. The zero-order chi connectivity index (χ0) is 14.8. The summed E-state index contributed by atoms with van der Waals surface area (Å²) in [4.78, 5) is 26.3. The Kier molecular flexibility index (Phi) is 8.95. The number of carboxylic acid groups (broad SMARTS) is 1. The molecule has 0 heterocycles. The van der Waals surface area contributed by atoms with Gasteiger partial charge in [0.25, 0.3) is 0 Å². The summed E-state index contributed by atoms with van der Waals surface area (Å²) in [5.74, 6) is -1.42. The number of amides is 2. The lowest BCUT2D eigenvalue weighted by Gasteiger charge is -2.23. The predicted molar refractivity (Wildman–Crippen MR) is 75.2 cm³/mol. The van der Waals surface area contributed by atoms with Gasteiger partial charge in [-0.15, -0.1) is 0 Å². The third kappa shape index (κ3) is 8.42. The molecule has 6 heteroatoms. The second-order valence-corrected chi connectivity index (χ2v) is 5.02. The molecule has 19 heavy (non-hydrogen) atoms. The van der Waals surface area contributed by atoms with Gasteiger partial charge in [-0.25, -0.2) is 4.79 Å². The van der Waals surface area contributed by atoms with E-state index in [0.29, 0.717) is 13.1 Å². The zero-order valence-corrected chi connectivity index (χ0v) is 12.5. The summed E-state index contributed by atoms with van der Waals surface area (Å²) in [7, 11) is 4.04. The largest absolute Gasteiger partial charge is 0.481 e. The molecule has 2 amide bonds. The highest BCUT2D eigenvalue weighted by atomic mass is 16.4. The molecule has 0 aliphatic heterocycles. The van der Waals surface area contributed by atoms with E-state index in [9.17, 15) is 9.59 Å². The lowest BCUT2D eigenvalue weighted by atomic mass is 10.2. The summed E-state index contributed by atoms with van der Waals surface area (Å²) in [6, 6.07) is -0.180. The van der Waals surface area contributed by atoms with Crippen LogP contribution in [0.5, 0.6) is 0 Å². The van der Waals surface area contributed by atoms with Crippen molar-refractivity contribution in [2.24, 2.45) is 5.92 Å². The highest BCUT2D eigenvalue weighted by molar-refractivity contribution is 5.75. The molecule has 0 saturated heterocycles. The predicted octanol–water partition coefficient (Wildman–Crippen LogP) is 1.08. The van der Waals surface area contributed by atoms with Gasteiger partial charge in [0.05, 0.1) is 5.92 Å². The molecule has 0 aromatic rings. The molecule has 0 bridgehead atoms. The number of aliphatic carboxylic acids is 1. The topological polar surface area (TPSA) is 72.9 Å². The molecule has 2 N–H and O–H groups in total. The Hall–Kier alpha value is -1.30. The molecule has 1 unspecified atom stereocenters. The lowest BCUT2D eigenvalue weighted by molar-refractivity contribution is -0.141. The van der Waals surface area contributed by atoms with Crippen LogP contribution in [0.3, 0.4) is 0 Å². The maximum Gasteiger partial charge on any atom is 0.317 e. The van der Waals surface area contributed by atoms with E-state index < -0.39 is 11.9 Å². The highest BCUT2D eigenvalue weighted by Crippen LogP contribution is 2.01. The molecule has 0 aromatic carbocycles. The summed E-state index contributed by atoms with van der Waals surface area (Å²) >= 11 is 0. The maximum atomic E-state index is 11.8. The first kappa shape index (κ1) is 17.7. The van der Waals surface area contributed by atoms with Crippen LogP contribution in [0.25, 0.3) is 0 Å². The second-order valence-electron chi connectivity index (χ2n) is 5.02. The van der Waals surface area contributed by atoms with Crippen LogP contribution in [0.15, 0.2) is 0 Å². The van der Waals surface area contributed by atoms with Crippen molar-refractivity contribution in [1.82, 2.24) is 15.1 Å². The van der Waals surface area contributed by atoms with Gasteiger partial charge in [0.1, 0.15) is 0 Å². The highest BCUT2D eigenvalue weighted by Gasteiger charge is 2.18. The standard InChI is InChI=1S/C13H27N3O3/c1-5-16(10-11(2)12(17)18)13(19)14-8-6-7-9-15(3)4/h11H,5-10H2,1-4H3,(H,14,19)(H,17,18). The minimum absolute atomic E-state index is 0.180. The van der Waals surface area contributed by atoms with Crippen LogP contribution in [0, 0.1) is 5.92 Å². The van der Waals surface area contributed by atoms with Gasteiger partial charge in [-0.1, -0.05) is 6.92 Å². The van der Waals surface area contributed by atoms with Crippen LogP contribution < -0.4 is 5.32 Å². The molecule has 6 nitrogen and oxygen atoms in total. The number of rotatable bonds is 9. The second kappa shape index (κ2) is 9.61. The van der Waals surface area contributed by atoms with Gasteiger partial charge in [0.2, 0.25) is 0 Å². The third-order valence-electron chi connectivity index (χ3n) is 2.89. The van der Waals surface area contributed by atoms with E-state index >= 15 is 0 Å². The number of carbonyl (C=O) groups is 2. The Morgan fingerprint density at radius 1 is 1.26 bits per heavy atom. The normalized spacial score (nSPS) is 12.3. The number of nitrogens with one attached hydrogen (secondary N) is 1. The van der Waals surface area contributed by atoms with Crippen LogP contribution in [0.1, 0.15) is 26.7 Å². The summed E-state index contributed by atoms with van der Waals surface area (Å²) < 4.78 is 0. The van der Waals surface area contributed by atoms with Gasteiger partial charge in [-0.2, -0.15) is 0 Å². The monoisotopic (exact) mass is 273 g/mol.